The Kier molecular flexibility index (Phi) is 12.9. The first-order valence-corrected chi connectivity index (χ1v) is 16.0. The summed E-state index contributed by atoms with van der Waals surface area (Å²) < 4.78 is 6.08. The van der Waals surface area contributed by atoms with Crippen LogP contribution in [0.2, 0.25) is 0 Å². The molecule has 1 aliphatic heterocycles. The van der Waals surface area contributed by atoms with Crippen LogP contribution in [0.4, 0.5) is 0 Å². The molecule has 3 aromatic rings. The molecule has 1 aromatic heterocycles. The third kappa shape index (κ3) is 9.81. The number of aliphatic hydroxyl groups is 1. The summed E-state index contributed by atoms with van der Waals surface area (Å²) in [6, 6.07) is 14.4. The monoisotopic (exact) mass is 535 g/mol. The highest BCUT2D eigenvalue weighted by Gasteiger charge is 2.19. The second kappa shape index (κ2) is 16.9. The van der Waals surface area contributed by atoms with Gasteiger partial charge in [-0.15, -0.1) is 0 Å². The smallest absolute Gasteiger partial charge is 0.129 e. The van der Waals surface area contributed by atoms with E-state index in [-0.39, 0.29) is 0 Å². The fraction of sp³-hybridized carbons (Fsp3) is 0.647. The van der Waals surface area contributed by atoms with Gasteiger partial charge in [-0.3, -0.25) is 0 Å². The Morgan fingerprint density at radius 1 is 0.872 bits per heavy atom. The number of likely N-dealkylation sites (tertiary alicyclic amines) is 1. The number of unbranched alkanes of at least 4 members (excludes halogenated alkanes) is 10. The lowest BCUT2D eigenvalue weighted by Crippen LogP contribution is -2.40. The maximum atomic E-state index is 10.5. The van der Waals surface area contributed by atoms with Crippen molar-refractivity contribution in [3.63, 3.8) is 0 Å². The standard InChI is InChI=1S/C34H53N3O2/c1-2-3-4-5-6-7-8-9-10-11-14-22-37-23-20-28(21-24-37)25-35-26-29(38)27-39-33-19-15-18-32-34(33)30-16-12-13-17-31(30)36-32/h12-13,15-19,28-29,35-36,38H,2-11,14,20-27H2,1H3/t29-/m0/s1. The van der Waals surface area contributed by atoms with Crippen LogP contribution in [0.1, 0.15) is 90.4 Å². The van der Waals surface area contributed by atoms with Crippen LogP contribution in [-0.4, -0.2) is 60.4 Å². The van der Waals surface area contributed by atoms with Crippen molar-refractivity contribution in [1.82, 2.24) is 15.2 Å². The third-order valence-electron chi connectivity index (χ3n) is 8.52. The number of para-hydroxylation sites is 1. The zero-order valence-corrected chi connectivity index (χ0v) is 24.4. The van der Waals surface area contributed by atoms with Crippen LogP contribution >= 0.6 is 0 Å². The summed E-state index contributed by atoms with van der Waals surface area (Å²) in [6.07, 6.45) is 17.6. The lowest BCUT2D eigenvalue weighted by Gasteiger charge is -2.32. The molecule has 0 aliphatic carbocycles. The first-order chi connectivity index (χ1) is 19.2. The predicted molar refractivity (Wildman–Crippen MR) is 166 cm³/mol. The van der Waals surface area contributed by atoms with Gasteiger partial charge in [-0.05, 0) is 69.6 Å². The van der Waals surface area contributed by atoms with Crippen molar-refractivity contribution in [2.75, 3.05) is 39.3 Å². The molecule has 5 nitrogen and oxygen atoms in total. The molecular formula is C34H53N3O2. The molecule has 2 aromatic carbocycles. The zero-order valence-electron chi connectivity index (χ0n) is 24.4. The molecule has 2 heterocycles. The van der Waals surface area contributed by atoms with Gasteiger partial charge in [-0.25, -0.2) is 0 Å². The molecule has 216 valence electrons. The van der Waals surface area contributed by atoms with E-state index < -0.39 is 6.10 Å². The van der Waals surface area contributed by atoms with E-state index in [1.807, 2.05) is 24.3 Å². The number of nitrogens with one attached hydrogen (secondary N) is 2. The Hall–Kier alpha value is -2.08. The molecule has 0 bridgehead atoms. The number of ether oxygens (including phenoxy) is 1. The second-order valence-electron chi connectivity index (χ2n) is 11.8. The van der Waals surface area contributed by atoms with Gasteiger partial charge in [0.1, 0.15) is 18.5 Å². The Labute approximate surface area is 236 Å². The summed E-state index contributed by atoms with van der Waals surface area (Å²) in [6.45, 7) is 7.87. The van der Waals surface area contributed by atoms with E-state index in [1.165, 1.54) is 103 Å². The molecule has 1 atom stereocenters. The summed E-state index contributed by atoms with van der Waals surface area (Å²) in [7, 11) is 0. The molecule has 0 amide bonds. The van der Waals surface area contributed by atoms with Gasteiger partial charge in [0.25, 0.3) is 0 Å². The van der Waals surface area contributed by atoms with Crippen LogP contribution in [0, 0.1) is 5.92 Å². The van der Waals surface area contributed by atoms with E-state index >= 15 is 0 Å². The Balaban J connectivity index is 1.02. The Bertz CT molecular complexity index is 1070. The number of rotatable bonds is 19. The average molecular weight is 536 g/mol. The van der Waals surface area contributed by atoms with Gasteiger partial charge in [-0.1, -0.05) is 95.4 Å². The van der Waals surface area contributed by atoms with E-state index in [9.17, 15) is 5.11 Å². The van der Waals surface area contributed by atoms with Crippen molar-refractivity contribution in [3.8, 4) is 5.75 Å². The number of piperidine rings is 1. The number of aromatic nitrogens is 1. The number of H-pyrrole nitrogens is 1. The quantitative estimate of drug-likeness (QED) is 0.138. The molecule has 0 unspecified atom stereocenters. The van der Waals surface area contributed by atoms with Crippen LogP contribution in [0.15, 0.2) is 42.5 Å². The summed E-state index contributed by atoms with van der Waals surface area (Å²) in [5.41, 5.74) is 2.17. The molecule has 39 heavy (non-hydrogen) atoms. The van der Waals surface area contributed by atoms with E-state index in [1.54, 1.807) is 0 Å². The minimum absolute atomic E-state index is 0.295. The molecule has 3 N–H and O–H groups in total. The van der Waals surface area contributed by atoms with E-state index in [0.29, 0.717) is 19.1 Å². The van der Waals surface area contributed by atoms with Crippen LogP contribution in [0.25, 0.3) is 21.8 Å². The number of hydrogen-bond acceptors (Lipinski definition) is 4. The van der Waals surface area contributed by atoms with Gasteiger partial charge in [0.05, 0.1) is 5.52 Å². The van der Waals surface area contributed by atoms with Crippen molar-refractivity contribution in [3.05, 3.63) is 42.5 Å². The van der Waals surface area contributed by atoms with Crippen molar-refractivity contribution in [2.45, 2.75) is 96.5 Å². The maximum Gasteiger partial charge on any atom is 0.129 e. The molecule has 0 spiro atoms. The Morgan fingerprint density at radius 2 is 1.54 bits per heavy atom. The van der Waals surface area contributed by atoms with Crippen molar-refractivity contribution in [2.24, 2.45) is 5.92 Å². The largest absolute Gasteiger partial charge is 0.490 e. The number of hydrogen-bond donors (Lipinski definition) is 3. The lowest BCUT2D eigenvalue weighted by atomic mass is 9.96. The highest BCUT2D eigenvalue weighted by molar-refractivity contribution is 6.10. The topological polar surface area (TPSA) is 60.5 Å². The summed E-state index contributed by atoms with van der Waals surface area (Å²) in [4.78, 5) is 6.12. The van der Waals surface area contributed by atoms with Gasteiger partial charge in [0.2, 0.25) is 0 Å². The summed E-state index contributed by atoms with van der Waals surface area (Å²) in [5.74, 6) is 1.54. The SMILES string of the molecule is CCCCCCCCCCCCCN1CCC(CNC[C@H](O)COc2cccc3[nH]c4ccccc4c23)CC1. The molecule has 4 rings (SSSR count). The van der Waals surface area contributed by atoms with Crippen LogP contribution in [-0.2, 0) is 0 Å². The fourth-order valence-electron chi connectivity index (χ4n) is 6.10. The maximum absolute atomic E-state index is 10.5. The number of aromatic amines is 1. The van der Waals surface area contributed by atoms with Crippen molar-refractivity contribution < 1.29 is 9.84 Å². The minimum atomic E-state index is -0.522. The highest BCUT2D eigenvalue weighted by atomic mass is 16.5. The molecular weight excluding hydrogens is 482 g/mol. The van der Waals surface area contributed by atoms with E-state index in [0.717, 1.165) is 34.1 Å². The van der Waals surface area contributed by atoms with Crippen molar-refractivity contribution in [1.29, 1.82) is 0 Å². The normalized spacial score (nSPS) is 15.8. The first kappa shape index (κ1) is 29.9. The van der Waals surface area contributed by atoms with Gasteiger partial charge in [-0.2, -0.15) is 0 Å². The van der Waals surface area contributed by atoms with Gasteiger partial charge in [0, 0.05) is 22.8 Å². The van der Waals surface area contributed by atoms with E-state index in [4.69, 9.17) is 4.74 Å². The fourth-order valence-corrected chi connectivity index (χ4v) is 6.10. The number of fused-ring (bicyclic) bond motifs is 3. The predicted octanol–water partition coefficient (Wildman–Crippen LogP) is 7.67. The molecule has 1 saturated heterocycles. The number of nitrogens with zero attached hydrogens (tertiary/aromatic N) is 1. The highest BCUT2D eigenvalue weighted by Crippen LogP contribution is 2.33. The number of aliphatic hydroxyl groups excluding tert-OH is 1. The average Bonchev–Trinajstić information content (AvgIpc) is 3.35. The van der Waals surface area contributed by atoms with Gasteiger partial charge in [0.15, 0.2) is 0 Å². The first-order valence-electron chi connectivity index (χ1n) is 16.0. The Morgan fingerprint density at radius 3 is 2.28 bits per heavy atom. The summed E-state index contributed by atoms with van der Waals surface area (Å²) in [5, 5.41) is 16.3. The number of benzene rings is 2. The molecule has 0 saturated carbocycles. The van der Waals surface area contributed by atoms with Gasteiger partial charge >= 0.3 is 0 Å². The molecule has 0 radical (unpaired) electrons. The lowest BCUT2D eigenvalue weighted by molar-refractivity contribution is 0.104. The minimum Gasteiger partial charge on any atom is -0.490 e. The molecule has 5 heteroatoms. The molecule has 1 fully saturated rings. The van der Waals surface area contributed by atoms with Gasteiger partial charge < -0.3 is 25.0 Å². The van der Waals surface area contributed by atoms with Crippen LogP contribution in [0.3, 0.4) is 0 Å². The zero-order chi connectivity index (χ0) is 27.1. The molecule has 1 aliphatic rings. The van der Waals surface area contributed by atoms with Crippen LogP contribution < -0.4 is 10.1 Å². The third-order valence-corrected chi connectivity index (χ3v) is 8.52. The second-order valence-corrected chi connectivity index (χ2v) is 11.8. The summed E-state index contributed by atoms with van der Waals surface area (Å²) >= 11 is 0. The van der Waals surface area contributed by atoms with E-state index in [2.05, 4.69) is 40.3 Å². The van der Waals surface area contributed by atoms with Crippen molar-refractivity contribution >= 4 is 21.8 Å². The van der Waals surface area contributed by atoms with Crippen LogP contribution in [0.5, 0.6) is 5.75 Å².